The van der Waals surface area contributed by atoms with Crippen molar-refractivity contribution in [2.75, 3.05) is 0 Å². The van der Waals surface area contributed by atoms with E-state index >= 15 is 0 Å². The van der Waals surface area contributed by atoms with Gasteiger partial charge in [-0.2, -0.15) is 0 Å². The van der Waals surface area contributed by atoms with Gasteiger partial charge in [0, 0.05) is 5.56 Å². The van der Waals surface area contributed by atoms with E-state index in [9.17, 15) is 4.79 Å². The van der Waals surface area contributed by atoms with Gasteiger partial charge in [0.25, 0.3) is 0 Å². The van der Waals surface area contributed by atoms with Gasteiger partial charge >= 0.3 is 7.12 Å². The van der Waals surface area contributed by atoms with Gasteiger partial charge in [-0.1, -0.05) is 25.5 Å². The van der Waals surface area contributed by atoms with Crippen LogP contribution in [0.25, 0.3) is 0 Å². The number of aldehydes is 1. The van der Waals surface area contributed by atoms with E-state index in [1.807, 2.05) is 6.92 Å². The predicted octanol–water partition coefficient (Wildman–Crippen LogP) is 0.131. The molecule has 1 aromatic carbocycles. The van der Waals surface area contributed by atoms with Gasteiger partial charge in [0.2, 0.25) is 0 Å². The molecule has 0 aliphatic rings. The lowest BCUT2D eigenvalue weighted by molar-refractivity contribution is 0.112. The Kier molecular flexibility index (Phi) is 3.86. The van der Waals surface area contributed by atoms with E-state index in [-0.39, 0.29) is 0 Å². The fraction of sp³-hybridized carbons (Fsp3) is 0.300. The van der Waals surface area contributed by atoms with Gasteiger partial charge in [-0.15, -0.1) is 0 Å². The minimum Gasteiger partial charge on any atom is -0.423 e. The zero-order chi connectivity index (χ0) is 10.6. The molecule has 0 unspecified atom stereocenters. The molecule has 3 nitrogen and oxygen atoms in total. The van der Waals surface area contributed by atoms with Gasteiger partial charge in [-0.3, -0.25) is 4.79 Å². The van der Waals surface area contributed by atoms with Crippen molar-refractivity contribution in [1.29, 1.82) is 0 Å². The molecule has 0 atom stereocenters. The van der Waals surface area contributed by atoms with Gasteiger partial charge in [-0.05, 0) is 23.5 Å². The highest BCUT2D eigenvalue weighted by Crippen LogP contribution is 2.04. The Balaban J connectivity index is 3.06. The number of hydrogen-bond acceptors (Lipinski definition) is 3. The van der Waals surface area contributed by atoms with Crippen LogP contribution in [0.15, 0.2) is 18.2 Å². The zero-order valence-corrected chi connectivity index (χ0v) is 8.10. The van der Waals surface area contributed by atoms with E-state index in [1.54, 1.807) is 12.1 Å². The molecule has 0 amide bonds. The Labute approximate surface area is 83.5 Å². The van der Waals surface area contributed by atoms with Gasteiger partial charge in [0.05, 0.1) is 0 Å². The van der Waals surface area contributed by atoms with Crippen LogP contribution in [-0.4, -0.2) is 23.5 Å². The summed E-state index contributed by atoms with van der Waals surface area (Å²) in [7, 11) is -1.51. The summed E-state index contributed by atoms with van der Waals surface area (Å²) in [6.07, 6.45) is 2.51. The summed E-state index contributed by atoms with van der Waals surface area (Å²) in [6.45, 7) is 2.03. The summed E-state index contributed by atoms with van der Waals surface area (Å²) in [5, 5.41) is 18.0. The van der Waals surface area contributed by atoms with E-state index in [4.69, 9.17) is 10.0 Å². The number of hydrogen-bond donors (Lipinski definition) is 2. The van der Waals surface area contributed by atoms with Crippen molar-refractivity contribution in [3.05, 3.63) is 29.3 Å². The Morgan fingerprint density at radius 2 is 2.07 bits per heavy atom. The monoisotopic (exact) mass is 192 g/mol. The summed E-state index contributed by atoms with van der Waals surface area (Å²) in [4.78, 5) is 10.6. The van der Waals surface area contributed by atoms with Crippen LogP contribution in [0.5, 0.6) is 0 Å². The van der Waals surface area contributed by atoms with Crippen LogP contribution in [0.1, 0.15) is 29.3 Å². The second-order valence-corrected chi connectivity index (χ2v) is 3.25. The van der Waals surface area contributed by atoms with Crippen molar-refractivity contribution in [3.8, 4) is 0 Å². The maximum atomic E-state index is 10.6. The Hall–Kier alpha value is -1.13. The van der Waals surface area contributed by atoms with Crippen molar-refractivity contribution in [3.63, 3.8) is 0 Å². The number of carbonyl (C=O) groups excluding carboxylic acids is 1. The summed E-state index contributed by atoms with van der Waals surface area (Å²) in [5.74, 6) is 0. The molecule has 0 heterocycles. The zero-order valence-electron chi connectivity index (χ0n) is 8.10. The molecular formula is C10H13BO3. The molecule has 0 bridgehead atoms. The fourth-order valence-electron chi connectivity index (χ4n) is 1.40. The Morgan fingerprint density at radius 3 is 2.57 bits per heavy atom. The van der Waals surface area contributed by atoms with Crippen LogP contribution < -0.4 is 5.46 Å². The quantitative estimate of drug-likeness (QED) is 0.526. The van der Waals surface area contributed by atoms with Crippen molar-refractivity contribution >= 4 is 18.9 Å². The molecule has 1 aromatic rings. The normalized spacial score (nSPS) is 9.93. The summed E-state index contributed by atoms with van der Waals surface area (Å²) >= 11 is 0. The fourth-order valence-corrected chi connectivity index (χ4v) is 1.40. The molecule has 1 rings (SSSR count). The van der Waals surface area contributed by atoms with E-state index in [2.05, 4.69) is 0 Å². The highest BCUT2D eigenvalue weighted by molar-refractivity contribution is 6.58. The van der Waals surface area contributed by atoms with Crippen LogP contribution in [0, 0.1) is 0 Å². The highest BCUT2D eigenvalue weighted by Gasteiger charge is 2.12. The van der Waals surface area contributed by atoms with Crippen LogP contribution in [0.4, 0.5) is 0 Å². The van der Waals surface area contributed by atoms with Gasteiger partial charge in [0.1, 0.15) is 6.29 Å². The molecule has 0 aromatic heterocycles. The third-order valence-corrected chi connectivity index (χ3v) is 2.01. The van der Waals surface area contributed by atoms with Crippen molar-refractivity contribution in [2.45, 2.75) is 19.8 Å². The molecule has 2 N–H and O–H groups in total. The molecule has 0 radical (unpaired) electrons. The van der Waals surface area contributed by atoms with Gasteiger partial charge in [-0.25, -0.2) is 0 Å². The molecule has 14 heavy (non-hydrogen) atoms. The first-order valence-corrected chi connectivity index (χ1v) is 4.62. The van der Waals surface area contributed by atoms with E-state index < -0.39 is 7.12 Å². The highest BCUT2D eigenvalue weighted by atomic mass is 16.4. The lowest BCUT2D eigenvalue weighted by atomic mass is 9.78. The summed E-state index contributed by atoms with van der Waals surface area (Å²) in [5.41, 5.74) is 1.82. The number of aryl methyl sites for hydroxylation is 1. The molecule has 0 saturated heterocycles. The number of benzene rings is 1. The molecule has 0 fully saturated rings. The molecule has 4 heteroatoms. The molecule has 0 aliphatic heterocycles. The van der Waals surface area contributed by atoms with Gasteiger partial charge in [0.15, 0.2) is 0 Å². The summed E-state index contributed by atoms with van der Waals surface area (Å²) in [6, 6.07) is 4.96. The number of rotatable bonds is 4. The first-order valence-electron chi connectivity index (χ1n) is 4.62. The lowest BCUT2D eigenvalue weighted by Crippen LogP contribution is -2.30. The molecule has 0 spiro atoms. The minimum atomic E-state index is -1.51. The van der Waals surface area contributed by atoms with E-state index in [0.29, 0.717) is 17.3 Å². The largest absolute Gasteiger partial charge is 0.488 e. The number of carbonyl (C=O) groups is 1. The Morgan fingerprint density at radius 1 is 1.36 bits per heavy atom. The van der Waals surface area contributed by atoms with Gasteiger partial charge < -0.3 is 10.0 Å². The summed E-state index contributed by atoms with van der Waals surface area (Å²) < 4.78 is 0. The van der Waals surface area contributed by atoms with E-state index in [0.717, 1.165) is 18.4 Å². The average molecular weight is 192 g/mol. The van der Waals surface area contributed by atoms with Crippen LogP contribution >= 0.6 is 0 Å². The van der Waals surface area contributed by atoms with Crippen molar-refractivity contribution < 1.29 is 14.8 Å². The van der Waals surface area contributed by atoms with Crippen LogP contribution in [-0.2, 0) is 6.42 Å². The first kappa shape index (κ1) is 11.0. The second kappa shape index (κ2) is 4.93. The molecule has 0 aliphatic carbocycles. The minimum absolute atomic E-state index is 0.373. The van der Waals surface area contributed by atoms with Crippen molar-refractivity contribution in [2.24, 2.45) is 0 Å². The predicted molar refractivity (Wildman–Crippen MR) is 55.7 cm³/mol. The standard InChI is InChI=1S/C10H13BO3/c1-2-3-8-4-9(7-12)6-10(5-8)11(13)14/h4-7,13-14H,2-3H2,1H3. The molecule has 74 valence electrons. The smallest absolute Gasteiger partial charge is 0.423 e. The first-order chi connectivity index (χ1) is 6.67. The van der Waals surface area contributed by atoms with Crippen molar-refractivity contribution in [1.82, 2.24) is 0 Å². The topological polar surface area (TPSA) is 57.5 Å². The third kappa shape index (κ3) is 2.68. The van der Waals surface area contributed by atoms with Crippen LogP contribution in [0.3, 0.4) is 0 Å². The lowest BCUT2D eigenvalue weighted by Gasteiger charge is -2.05. The SMILES string of the molecule is CCCc1cc(C=O)cc(B(O)O)c1. The van der Waals surface area contributed by atoms with Crippen LogP contribution in [0.2, 0.25) is 0 Å². The maximum absolute atomic E-state index is 10.6. The second-order valence-electron chi connectivity index (χ2n) is 3.25. The average Bonchev–Trinajstić information content (AvgIpc) is 2.17. The Bertz CT molecular complexity index is 323. The molecule has 0 saturated carbocycles. The third-order valence-electron chi connectivity index (χ3n) is 2.01. The van der Waals surface area contributed by atoms with E-state index in [1.165, 1.54) is 6.07 Å². The maximum Gasteiger partial charge on any atom is 0.488 e. The molecular weight excluding hydrogens is 179 g/mol.